The van der Waals surface area contributed by atoms with Crippen molar-refractivity contribution in [3.63, 3.8) is 0 Å². The number of nitrogens with zero attached hydrogens (tertiary/aromatic N) is 4. The number of hydrogen-bond donors (Lipinski definition) is 0. The fourth-order valence-electron chi connectivity index (χ4n) is 10.5. The normalized spacial score (nSPS) is 11.3. The Morgan fingerprint density at radius 1 is 0.178 bits per heavy atom. The first-order valence-corrected chi connectivity index (χ1v) is 25.6. The molecule has 12 aromatic carbocycles. The molecule has 5 heteroatoms. The van der Waals surface area contributed by atoms with Crippen LogP contribution in [0.5, 0.6) is 0 Å². The Bertz CT molecular complexity index is 3690. The van der Waals surface area contributed by atoms with E-state index in [1.807, 2.05) is 11.3 Å². The molecule has 1 aromatic heterocycles. The maximum atomic E-state index is 2.42. The van der Waals surface area contributed by atoms with E-state index in [1.54, 1.807) is 0 Å². The third-order valence-electron chi connectivity index (χ3n) is 13.8. The molecule has 0 atom stereocenters. The fourth-order valence-corrected chi connectivity index (χ4v) is 11.6. The highest BCUT2D eigenvalue weighted by Crippen LogP contribution is 2.49. The van der Waals surface area contributed by atoms with Crippen molar-refractivity contribution in [2.75, 3.05) is 19.6 Å². The minimum absolute atomic E-state index is 1.09. The summed E-state index contributed by atoms with van der Waals surface area (Å²) in [5.41, 5.74) is 13.2. The summed E-state index contributed by atoms with van der Waals surface area (Å²) >= 11 is 1.84. The molecular formula is C68H48N4S. The summed E-state index contributed by atoms with van der Waals surface area (Å²) in [7, 11) is 0. The zero-order valence-corrected chi connectivity index (χ0v) is 40.7. The molecule has 0 aliphatic carbocycles. The van der Waals surface area contributed by atoms with E-state index in [2.05, 4.69) is 311 Å². The molecule has 0 saturated heterocycles. The molecule has 346 valence electrons. The van der Waals surface area contributed by atoms with Crippen LogP contribution >= 0.6 is 11.3 Å². The molecular weight excluding hydrogens is 905 g/mol. The standard InChI is InChI=1S/C68H48N4S/c1-7-23-49(24-8-1)69(50-25-9-2-10-26-50)63-41-43-65(59-37-21-19-35-57(59)63)71(53-31-15-5-16-32-53)55-39-45-67-61(47-55)62-48-56(40-46-68(62)73-67)72(54-33-17-6-18-34-54)66-44-42-64(58-36-20-22-38-60(58)66)70(51-27-11-3-12-28-51)52-29-13-4-14-30-52/h1-48H. The van der Waals surface area contributed by atoms with Gasteiger partial charge >= 0.3 is 0 Å². The summed E-state index contributed by atoms with van der Waals surface area (Å²) in [5, 5.41) is 7.08. The molecule has 13 aromatic rings. The van der Waals surface area contributed by atoms with Crippen LogP contribution in [0.15, 0.2) is 291 Å². The first-order chi connectivity index (χ1) is 36.2. The van der Waals surface area contributed by atoms with Gasteiger partial charge in [0.1, 0.15) is 0 Å². The van der Waals surface area contributed by atoms with Gasteiger partial charge in [0.05, 0.1) is 22.7 Å². The Morgan fingerprint density at radius 3 is 0.644 bits per heavy atom. The van der Waals surface area contributed by atoms with Gasteiger partial charge in [-0.15, -0.1) is 11.3 Å². The van der Waals surface area contributed by atoms with Gasteiger partial charge in [-0.1, -0.05) is 158 Å². The minimum Gasteiger partial charge on any atom is -0.310 e. The van der Waals surface area contributed by atoms with E-state index in [0.717, 1.165) is 89.8 Å². The topological polar surface area (TPSA) is 13.0 Å². The van der Waals surface area contributed by atoms with Crippen LogP contribution in [0.25, 0.3) is 41.7 Å². The van der Waals surface area contributed by atoms with Gasteiger partial charge in [0.2, 0.25) is 0 Å². The highest BCUT2D eigenvalue weighted by Gasteiger charge is 2.24. The second-order valence-corrected chi connectivity index (χ2v) is 19.2. The van der Waals surface area contributed by atoms with Gasteiger partial charge in [-0.25, -0.2) is 0 Å². The number of thiophene rings is 1. The summed E-state index contributed by atoms with van der Waals surface area (Å²) in [6.07, 6.45) is 0. The van der Waals surface area contributed by atoms with Crippen molar-refractivity contribution in [1.82, 2.24) is 0 Å². The van der Waals surface area contributed by atoms with Crippen LogP contribution in [0.2, 0.25) is 0 Å². The van der Waals surface area contributed by atoms with Gasteiger partial charge in [0, 0.05) is 87.2 Å². The highest BCUT2D eigenvalue weighted by molar-refractivity contribution is 7.25. The number of hydrogen-bond acceptors (Lipinski definition) is 5. The monoisotopic (exact) mass is 952 g/mol. The van der Waals surface area contributed by atoms with E-state index in [1.165, 1.54) is 20.2 Å². The third-order valence-corrected chi connectivity index (χ3v) is 14.9. The molecule has 13 rings (SSSR count). The summed E-state index contributed by atoms with van der Waals surface area (Å²) < 4.78 is 2.49. The fraction of sp³-hybridized carbons (Fsp3) is 0. The zero-order chi connectivity index (χ0) is 48.5. The molecule has 0 unspecified atom stereocenters. The number of rotatable bonds is 12. The molecule has 0 N–H and O–H groups in total. The molecule has 73 heavy (non-hydrogen) atoms. The molecule has 0 saturated carbocycles. The third kappa shape index (κ3) is 8.08. The second kappa shape index (κ2) is 19.1. The minimum atomic E-state index is 1.09. The van der Waals surface area contributed by atoms with Crippen LogP contribution in [0.4, 0.5) is 68.2 Å². The van der Waals surface area contributed by atoms with E-state index < -0.39 is 0 Å². The molecule has 1 heterocycles. The van der Waals surface area contributed by atoms with Crippen LogP contribution in [-0.4, -0.2) is 0 Å². The Labute approximate surface area is 429 Å². The van der Waals surface area contributed by atoms with Gasteiger partial charge in [-0.05, 0) is 133 Å². The van der Waals surface area contributed by atoms with Crippen molar-refractivity contribution >= 4 is 121 Å². The molecule has 0 aliphatic rings. The number of benzene rings is 12. The summed E-state index contributed by atoms with van der Waals surface area (Å²) in [4.78, 5) is 9.57. The van der Waals surface area contributed by atoms with Crippen molar-refractivity contribution < 1.29 is 0 Å². The predicted octanol–water partition coefficient (Wildman–Crippen LogP) is 20.2. The maximum Gasteiger partial charge on any atom is 0.0541 e. The van der Waals surface area contributed by atoms with Crippen molar-refractivity contribution in [3.8, 4) is 0 Å². The first-order valence-electron chi connectivity index (χ1n) is 24.8. The lowest BCUT2D eigenvalue weighted by Crippen LogP contribution is -2.13. The predicted molar refractivity (Wildman–Crippen MR) is 313 cm³/mol. The zero-order valence-electron chi connectivity index (χ0n) is 39.9. The molecule has 0 bridgehead atoms. The summed E-state index contributed by atoms with van der Waals surface area (Å²) in [6, 6.07) is 105. The lowest BCUT2D eigenvalue weighted by molar-refractivity contribution is 1.28. The largest absolute Gasteiger partial charge is 0.310 e. The molecule has 0 spiro atoms. The summed E-state index contributed by atoms with van der Waals surface area (Å²) in [5.74, 6) is 0. The highest BCUT2D eigenvalue weighted by atomic mass is 32.1. The molecule has 0 amide bonds. The van der Waals surface area contributed by atoms with Gasteiger partial charge < -0.3 is 19.6 Å². The quantitative estimate of drug-likeness (QED) is 0.121. The average Bonchev–Trinajstić information content (AvgIpc) is 3.84. The van der Waals surface area contributed by atoms with Gasteiger partial charge in [-0.3, -0.25) is 0 Å². The molecule has 0 fully saturated rings. The van der Waals surface area contributed by atoms with Crippen molar-refractivity contribution in [3.05, 3.63) is 291 Å². The van der Waals surface area contributed by atoms with Gasteiger partial charge in [0.15, 0.2) is 0 Å². The van der Waals surface area contributed by atoms with Crippen LogP contribution in [0, 0.1) is 0 Å². The van der Waals surface area contributed by atoms with Crippen LogP contribution in [0.1, 0.15) is 0 Å². The average molecular weight is 953 g/mol. The lowest BCUT2D eigenvalue weighted by atomic mass is 10.0. The second-order valence-electron chi connectivity index (χ2n) is 18.1. The number of para-hydroxylation sites is 6. The number of fused-ring (bicyclic) bond motifs is 5. The first kappa shape index (κ1) is 43.6. The maximum absolute atomic E-state index is 2.42. The molecule has 4 nitrogen and oxygen atoms in total. The van der Waals surface area contributed by atoms with Crippen LogP contribution < -0.4 is 19.6 Å². The van der Waals surface area contributed by atoms with E-state index in [9.17, 15) is 0 Å². The van der Waals surface area contributed by atoms with Crippen LogP contribution in [0.3, 0.4) is 0 Å². The molecule has 0 radical (unpaired) electrons. The van der Waals surface area contributed by atoms with Gasteiger partial charge in [0.25, 0.3) is 0 Å². The van der Waals surface area contributed by atoms with E-state index in [0.29, 0.717) is 0 Å². The van der Waals surface area contributed by atoms with Crippen molar-refractivity contribution in [1.29, 1.82) is 0 Å². The Morgan fingerprint density at radius 2 is 0.397 bits per heavy atom. The molecule has 0 aliphatic heterocycles. The van der Waals surface area contributed by atoms with E-state index in [-0.39, 0.29) is 0 Å². The van der Waals surface area contributed by atoms with Crippen LogP contribution in [-0.2, 0) is 0 Å². The smallest absolute Gasteiger partial charge is 0.0541 e. The van der Waals surface area contributed by atoms with E-state index >= 15 is 0 Å². The van der Waals surface area contributed by atoms with Crippen molar-refractivity contribution in [2.45, 2.75) is 0 Å². The Hall–Kier alpha value is -9.42. The SMILES string of the molecule is c1ccc(N(c2ccccc2)c2ccc(N(c3ccccc3)c3ccc4sc5ccc(N(c6ccccc6)c6ccc(N(c7ccccc7)c7ccccc7)c7ccccc67)cc5c4c3)c3ccccc23)cc1. The van der Waals surface area contributed by atoms with Gasteiger partial charge in [-0.2, -0.15) is 0 Å². The Kier molecular flexibility index (Phi) is 11.4. The Balaban J connectivity index is 0.964. The lowest BCUT2D eigenvalue weighted by Gasteiger charge is -2.30. The van der Waals surface area contributed by atoms with E-state index in [4.69, 9.17) is 0 Å². The number of anilines is 12. The summed E-state index contributed by atoms with van der Waals surface area (Å²) in [6.45, 7) is 0. The van der Waals surface area contributed by atoms with Crippen molar-refractivity contribution in [2.24, 2.45) is 0 Å².